The molecule has 4 amide bonds. The molecule has 1 aliphatic rings. The number of carbonyl (C=O) groups excluding carboxylic acids is 4. The Morgan fingerprint density at radius 2 is 1.46 bits per heavy atom. The molecule has 256 valence electrons. The summed E-state index contributed by atoms with van der Waals surface area (Å²) < 4.78 is 5.32. The number of fused-ring (bicyclic) bond motifs is 3. The van der Waals surface area contributed by atoms with Crippen LogP contribution in [0.15, 0.2) is 115 Å². The summed E-state index contributed by atoms with van der Waals surface area (Å²) in [5.41, 5.74) is 4.98. The number of nitrogens with one attached hydrogen (secondary N) is 4. The highest BCUT2D eigenvalue weighted by Gasteiger charge is 2.38. The number of H-pyrrole nitrogens is 1. The maximum absolute atomic E-state index is 14.4. The van der Waals surface area contributed by atoms with Crippen LogP contribution >= 0.6 is 0 Å². The van der Waals surface area contributed by atoms with Gasteiger partial charge in [0.2, 0.25) is 11.8 Å². The Kier molecular flexibility index (Phi) is 11.2. The van der Waals surface area contributed by atoms with Gasteiger partial charge in [-0.3, -0.25) is 14.4 Å². The highest BCUT2D eigenvalue weighted by molar-refractivity contribution is 5.99. The molecule has 5 aromatic rings. The van der Waals surface area contributed by atoms with Gasteiger partial charge in [-0.05, 0) is 54.2 Å². The van der Waals surface area contributed by atoms with Crippen LogP contribution in [0.25, 0.3) is 10.9 Å². The molecule has 0 aliphatic carbocycles. The molecule has 50 heavy (non-hydrogen) atoms. The van der Waals surface area contributed by atoms with Crippen molar-refractivity contribution in [3.8, 4) is 0 Å². The van der Waals surface area contributed by atoms with E-state index in [1.165, 1.54) is 0 Å². The Balaban J connectivity index is 1.20. The van der Waals surface area contributed by atoms with Gasteiger partial charge in [-0.25, -0.2) is 4.79 Å². The number of hydrogen-bond acceptors (Lipinski definition) is 5. The van der Waals surface area contributed by atoms with Crippen LogP contribution < -0.4 is 16.0 Å². The number of amides is 4. The molecule has 0 unspecified atom stereocenters. The van der Waals surface area contributed by atoms with E-state index in [4.69, 9.17) is 4.74 Å². The molecule has 2 heterocycles. The maximum atomic E-state index is 14.4. The van der Waals surface area contributed by atoms with Crippen molar-refractivity contribution in [2.24, 2.45) is 0 Å². The minimum atomic E-state index is -0.895. The second-order valence-corrected chi connectivity index (χ2v) is 12.4. The third kappa shape index (κ3) is 8.57. The smallest absolute Gasteiger partial charge is 0.407 e. The number of benzene rings is 4. The van der Waals surface area contributed by atoms with Crippen LogP contribution in [-0.2, 0) is 40.4 Å². The average Bonchev–Trinajstić information content (AvgIpc) is 3.44. The van der Waals surface area contributed by atoms with Crippen molar-refractivity contribution in [3.05, 3.63) is 143 Å². The number of aromatic amines is 1. The van der Waals surface area contributed by atoms with Crippen LogP contribution in [-0.4, -0.2) is 52.3 Å². The van der Waals surface area contributed by atoms with Crippen molar-refractivity contribution in [2.75, 3.05) is 6.54 Å². The molecular weight excluding hydrogens is 630 g/mol. The fraction of sp³-hybridized carbons (Fsp3) is 0.250. The zero-order valence-electron chi connectivity index (χ0n) is 27.8. The van der Waals surface area contributed by atoms with Crippen LogP contribution in [0.3, 0.4) is 0 Å². The normalized spacial score (nSPS) is 14.7. The summed E-state index contributed by atoms with van der Waals surface area (Å²) in [5.74, 6) is -0.974. The molecule has 10 nitrogen and oxygen atoms in total. The minimum absolute atomic E-state index is 0.172. The van der Waals surface area contributed by atoms with E-state index in [-0.39, 0.29) is 37.3 Å². The molecule has 0 saturated carbocycles. The second-order valence-electron chi connectivity index (χ2n) is 12.4. The lowest BCUT2D eigenvalue weighted by atomic mass is 10.0. The summed E-state index contributed by atoms with van der Waals surface area (Å²) in [6.07, 6.45) is 1.23. The van der Waals surface area contributed by atoms with E-state index in [1.807, 2.05) is 91.0 Å². The van der Waals surface area contributed by atoms with E-state index in [1.54, 1.807) is 29.2 Å². The second kappa shape index (κ2) is 16.5. The summed E-state index contributed by atoms with van der Waals surface area (Å²) >= 11 is 0. The summed E-state index contributed by atoms with van der Waals surface area (Å²) in [4.78, 5) is 59.2. The largest absolute Gasteiger partial charge is 0.445 e. The van der Waals surface area contributed by atoms with E-state index in [2.05, 4.69) is 20.9 Å². The lowest BCUT2D eigenvalue weighted by Gasteiger charge is -2.32. The Morgan fingerprint density at radius 1 is 0.800 bits per heavy atom. The molecule has 1 aromatic heterocycles. The summed E-state index contributed by atoms with van der Waals surface area (Å²) in [6, 6.07) is 34.0. The van der Waals surface area contributed by atoms with Crippen LogP contribution in [0.5, 0.6) is 0 Å². The number of aromatic nitrogens is 1. The first-order chi connectivity index (χ1) is 24.5. The number of carbonyl (C=O) groups is 4. The summed E-state index contributed by atoms with van der Waals surface area (Å²) in [6.45, 7) is 1.000. The number of unbranched alkanes of at least 4 members (excludes halogenated alkanes) is 1. The van der Waals surface area contributed by atoms with Crippen molar-refractivity contribution in [2.45, 2.75) is 57.5 Å². The predicted octanol–water partition coefficient (Wildman–Crippen LogP) is 5.63. The zero-order chi connectivity index (χ0) is 34.7. The van der Waals surface area contributed by atoms with Gasteiger partial charge in [0.25, 0.3) is 5.91 Å². The van der Waals surface area contributed by atoms with E-state index in [9.17, 15) is 19.2 Å². The first-order valence-corrected chi connectivity index (χ1v) is 17.0. The standard InChI is InChI=1S/C40H41N5O5/c46-37(30-18-8-3-9-19-30)44-34-24-32-31-20-10-11-21-33(31)43-35(32)26-45(39(34)48)36(38(47)42-25-28-14-4-1-5-15-28)22-12-13-23-41-40(49)50-27-29-16-6-2-7-17-29/h1-11,14-21,34,36,43H,12-13,22-27H2,(H,41,49)(H,42,47)(H,44,46)/t34-,36+/m1/s1. The average molecular weight is 672 g/mol. The van der Waals surface area contributed by atoms with Gasteiger partial charge in [-0.1, -0.05) is 97.1 Å². The molecule has 4 N–H and O–H groups in total. The molecule has 0 fully saturated rings. The maximum Gasteiger partial charge on any atom is 0.407 e. The Hall–Kier alpha value is -5.90. The molecular formula is C40H41N5O5. The van der Waals surface area contributed by atoms with Crippen molar-refractivity contribution in [1.82, 2.24) is 25.8 Å². The number of para-hydroxylation sites is 1. The van der Waals surface area contributed by atoms with Crippen LogP contribution in [0, 0.1) is 0 Å². The summed E-state index contributed by atoms with van der Waals surface area (Å²) in [5, 5.41) is 9.77. The predicted molar refractivity (Wildman–Crippen MR) is 191 cm³/mol. The number of alkyl carbamates (subject to hydrolysis) is 1. The summed E-state index contributed by atoms with van der Waals surface area (Å²) in [7, 11) is 0. The molecule has 0 bridgehead atoms. The molecule has 6 rings (SSSR count). The molecule has 0 spiro atoms. The molecule has 1 aliphatic heterocycles. The number of ether oxygens (including phenoxy) is 1. The monoisotopic (exact) mass is 671 g/mol. The molecule has 0 radical (unpaired) electrons. The van der Waals surface area contributed by atoms with Gasteiger partial charge in [0.05, 0.1) is 6.54 Å². The number of rotatable bonds is 13. The van der Waals surface area contributed by atoms with Gasteiger partial charge >= 0.3 is 6.09 Å². The van der Waals surface area contributed by atoms with Gasteiger partial charge in [0, 0.05) is 41.7 Å². The van der Waals surface area contributed by atoms with Gasteiger partial charge in [-0.15, -0.1) is 0 Å². The quantitative estimate of drug-likeness (QED) is 0.121. The highest BCUT2D eigenvalue weighted by atomic mass is 16.5. The van der Waals surface area contributed by atoms with Gasteiger partial charge in [-0.2, -0.15) is 0 Å². The van der Waals surface area contributed by atoms with Gasteiger partial charge in [0.15, 0.2) is 0 Å². The van der Waals surface area contributed by atoms with Crippen LogP contribution in [0.4, 0.5) is 4.79 Å². The Labute approximate surface area is 291 Å². The lowest BCUT2D eigenvalue weighted by Crippen LogP contribution is -2.55. The number of hydrogen-bond donors (Lipinski definition) is 4. The Bertz CT molecular complexity index is 1910. The van der Waals surface area contributed by atoms with Gasteiger partial charge in [0.1, 0.15) is 18.7 Å². The van der Waals surface area contributed by atoms with Crippen molar-refractivity contribution >= 4 is 34.7 Å². The molecule has 4 aromatic carbocycles. The van der Waals surface area contributed by atoms with E-state index in [0.29, 0.717) is 37.9 Å². The third-order valence-corrected chi connectivity index (χ3v) is 8.94. The van der Waals surface area contributed by atoms with E-state index >= 15 is 0 Å². The van der Waals surface area contributed by atoms with E-state index in [0.717, 1.165) is 33.3 Å². The minimum Gasteiger partial charge on any atom is -0.445 e. The van der Waals surface area contributed by atoms with Crippen molar-refractivity contribution in [3.63, 3.8) is 0 Å². The lowest BCUT2D eigenvalue weighted by molar-refractivity contribution is -0.142. The zero-order valence-corrected chi connectivity index (χ0v) is 27.8. The van der Waals surface area contributed by atoms with E-state index < -0.39 is 18.2 Å². The fourth-order valence-electron chi connectivity index (χ4n) is 6.33. The SMILES string of the molecule is O=C(NCCCC[C@@H](C(=O)NCc1ccccc1)N1Cc2[nH]c3ccccc3c2C[C@@H](NC(=O)c2ccccc2)C1=O)OCc1ccccc1. The topological polar surface area (TPSA) is 133 Å². The van der Waals surface area contributed by atoms with Gasteiger partial charge < -0.3 is 30.6 Å². The fourth-order valence-corrected chi connectivity index (χ4v) is 6.33. The first kappa shape index (κ1) is 34.0. The van der Waals surface area contributed by atoms with Crippen molar-refractivity contribution < 1.29 is 23.9 Å². The van der Waals surface area contributed by atoms with Crippen LogP contribution in [0.1, 0.15) is 52.0 Å². The molecule has 10 heteroatoms. The number of nitrogens with zero attached hydrogens (tertiary/aromatic N) is 1. The van der Waals surface area contributed by atoms with Crippen molar-refractivity contribution in [1.29, 1.82) is 0 Å². The van der Waals surface area contributed by atoms with Crippen LogP contribution in [0.2, 0.25) is 0 Å². The molecule has 2 atom stereocenters. The molecule has 0 saturated heterocycles. The third-order valence-electron chi connectivity index (χ3n) is 8.94. The first-order valence-electron chi connectivity index (χ1n) is 17.0. The highest BCUT2D eigenvalue weighted by Crippen LogP contribution is 2.30. The Morgan fingerprint density at radius 3 is 2.20 bits per heavy atom.